The van der Waals surface area contributed by atoms with Gasteiger partial charge in [0.2, 0.25) is 5.95 Å². The van der Waals surface area contributed by atoms with Gasteiger partial charge in [-0.15, -0.1) is 0 Å². The highest BCUT2D eigenvalue weighted by Crippen LogP contribution is 2.36. The van der Waals surface area contributed by atoms with Crippen LogP contribution in [-0.4, -0.2) is 89.8 Å². The highest BCUT2D eigenvalue weighted by molar-refractivity contribution is 5.72. The van der Waals surface area contributed by atoms with E-state index < -0.39 is 0 Å². The van der Waals surface area contributed by atoms with Crippen molar-refractivity contribution in [1.29, 1.82) is 0 Å². The third-order valence-corrected chi connectivity index (χ3v) is 7.73. The van der Waals surface area contributed by atoms with Crippen molar-refractivity contribution in [1.82, 2.24) is 24.8 Å². The molecule has 0 amide bonds. The Kier molecular flexibility index (Phi) is 6.62. The molecule has 0 radical (unpaired) electrons. The lowest BCUT2D eigenvalue weighted by atomic mass is 10.1. The monoisotopic (exact) mass is 504 g/mol. The Balaban J connectivity index is 1.13. The minimum Gasteiger partial charge on any atom is -0.383 e. The number of rotatable bonds is 7. The van der Waals surface area contributed by atoms with E-state index in [2.05, 4.69) is 42.0 Å². The van der Waals surface area contributed by atoms with Crippen molar-refractivity contribution in [2.75, 3.05) is 68.9 Å². The van der Waals surface area contributed by atoms with Gasteiger partial charge in [-0.1, -0.05) is 0 Å². The molecule has 0 unspecified atom stereocenters. The first-order valence-corrected chi connectivity index (χ1v) is 13.0. The van der Waals surface area contributed by atoms with Crippen LogP contribution in [0.15, 0.2) is 42.6 Å². The molecule has 1 aromatic carbocycles. The molecule has 2 aromatic heterocycles. The van der Waals surface area contributed by atoms with Gasteiger partial charge in [-0.25, -0.2) is 19.3 Å². The summed E-state index contributed by atoms with van der Waals surface area (Å²) in [6, 6.07) is 11.9. The SMILES string of the molecule is CN1C[C@@H]2C[C@H]1CN2c1ccc(Nc2nccc(-c3ccc(CCN4CCOCC4)nc3N)n2)cc1F. The molecule has 9 nitrogen and oxygen atoms in total. The van der Waals surface area contributed by atoms with Gasteiger partial charge in [0.05, 0.1) is 24.6 Å². The molecule has 0 aliphatic carbocycles. The lowest BCUT2D eigenvalue weighted by Crippen LogP contribution is -2.44. The summed E-state index contributed by atoms with van der Waals surface area (Å²) in [7, 11) is 2.14. The average molecular weight is 505 g/mol. The Labute approximate surface area is 216 Å². The van der Waals surface area contributed by atoms with E-state index >= 15 is 4.39 Å². The zero-order valence-corrected chi connectivity index (χ0v) is 21.1. The van der Waals surface area contributed by atoms with Crippen LogP contribution in [0.2, 0.25) is 0 Å². The number of piperazine rings is 1. The van der Waals surface area contributed by atoms with Crippen molar-refractivity contribution in [3.63, 3.8) is 0 Å². The van der Waals surface area contributed by atoms with Gasteiger partial charge in [-0.3, -0.25) is 9.80 Å². The fourth-order valence-corrected chi connectivity index (χ4v) is 5.65. The van der Waals surface area contributed by atoms with Crippen LogP contribution in [0, 0.1) is 5.82 Å². The first-order chi connectivity index (χ1) is 18.0. The summed E-state index contributed by atoms with van der Waals surface area (Å²) in [5, 5.41) is 3.14. The molecule has 6 rings (SSSR count). The predicted octanol–water partition coefficient (Wildman–Crippen LogP) is 2.77. The van der Waals surface area contributed by atoms with E-state index in [1.807, 2.05) is 24.3 Å². The third kappa shape index (κ3) is 5.09. The van der Waals surface area contributed by atoms with E-state index in [4.69, 9.17) is 10.5 Å². The number of benzene rings is 1. The van der Waals surface area contributed by atoms with Gasteiger partial charge in [0.1, 0.15) is 11.6 Å². The highest BCUT2D eigenvalue weighted by atomic mass is 19.1. The van der Waals surface area contributed by atoms with Gasteiger partial charge in [-0.05, 0) is 49.9 Å². The number of pyridine rings is 1. The maximum atomic E-state index is 15.1. The molecule has 3 N–H and O–H groups in total. The molecule has 3 fully saturated rings. The van der Waals surface area contributed by atoms with E-state index in [0.29, 0.717) is 40.9 Å². The first-order valence-electron chi connectivity index (χ1n) is 13.0. The van der Waals surface area contributed by atoms with E-state index in [9.17, 15) is 0 Å². The van der Waals surface area contributed by atoms with Crippen LogP contribution in [0.4, 0.5) is 27.5 Å². The van der Waals surface area contributed by atoms with Crippen LogP contribution in [0.25, 0.3) is 11.3 Å². The number of aromatic nitrogens is 3. The molecule has 194 valence electrons. The molecule has 2 atom stereocenters. The van der Waals surface area contributed by atoms with Crippen LogP contribution in [0.1, 0.15) is 12.1 Å². The Hall–Kier alpha value is -3.34. The molecule has 3 aliphatic rings. The van der Waals surface area contributed by atoms with Crippen molar-refractivity contribution < 1.29 is 9.13 Å². The molecule has 3 saturated heterocycles. The molecule has 10 heteroatoms. The second-order valence-electron chi connectivity index (χ2n) is 10.1. The minimum atomic E-state index is -0.238. The maximum absolute atomic E-state index is 15.1. The van der Waals surface area contributed by atoms with E-state index in [1.165, 1.54) is 6.07 Å². The second-order valence-corrected chi connectivity index (χ2v) is 10.1. The molecule has 0 saturated carbocycles. The van der Waals surface area contributed by atoms with Crippen molar-refractivity contribution >= 4 is 23.1 Å². The van der Waals surface area contributed by atoms with E-state index in [-0.39, 0.29) is 5.82 Å². The summed E-state index contributed by atoms with van der Waals surface area (Å²) >= 11 is 0. The van der Waals surface area contributed by atoms with Gasteiger partial charge < -0.3 is 20.7 Å². The van der Waals surface area contributed by atoms with Crippen molar-refractivity contribution in [2.45, 2.75) is 24.9 Å². The minimum absolute atomic E-state index is 0.238. The number of morpholine rings is 1. The lowest BCUT2D eigenvalue weighted by Gasteiger charge is -2.33. The largest absolute Gasteiger partial charge is 0.383 e. The molecule has 3 aromatic rings. The summed E-state index contributed by atoms with van der Waals surface area (Å²) in [5.74, 6) is 0.574. The number of hydrogen-bond donors (Lipinski definition) is 2. The number of fused-ring (bicyclic) bond motifs is 2. The van der Waals surface area contributed by atoms with Gasteiger partial charge in [-0.2, -0.15) is 0 Å². The molecule has 5 heterocycles. The Morgan fingerprint density at radius 2 is 1.95 bits per heavy atom. The smallest absolute Gasteiger partial charge is 0.227 e. The summed E-state index contributed by atoms with van der Waals surface area (Å²) in [4.78, 5) is 20.5. The number of nitrogen functional groups attached to an aromatic ring is 1. The Bertz CT molecular complexity index is 1260. The topological polar surface area (TPSA) is 95.7 Å². The van der Waals surface area contributed by atoms with Crippen molar-refractivity contribution in [3.05, 3.63) is 54.1 Å². The van der Waals surface area contributed by atoms with E-state index in [1.54, 1.807) is 12.3 Å². The Morgan fingerprint density at radius 1 is 1.08 bits per heavy atom. The normalized spacial score (nSPS) is 22.1. The third-order valence-electron chi connectivity index (χ3n) is 7.73. The summed E-state index contributed by atoms with van der Waals surface area (Å²) in [5.41, 5.74) is 9.94. The molecule has 0 spiro atoms. The van der Waals surface area contributed by atoms with Crippen molar-refractivity contribution in [2.24, 2.45) is 0 Å². The number of likely N-dealkylation sites (N-methyl/N-ethyl adjacent to an activating group) is 1. The maximum Gasteiger partial charge on any atom is 0.227 e. The number of ether oxygens (including phenoxy) is 1. The fourth-order valence-electron chi connectivity index (χ4n) is 5.65. The highest BCUT2D eigenvalue weighted by Gasteiger charge is 2.42. The Morgan fingerprint density at radius 3 is 2.68 bits per heavy atom. The molecule has 2 bridgehead atoms. The zero-order valence-electron chi connectivity index (χ0n) is 21.1. The number of hydrogen-bond acceptors (Lipinski definition) is 9. The molecular weight excluding hydrogens is 471 g/mol. The van der Waals surface area contributed by atoms with Gasteiger partial charge in [0, 0.05) is 74.4 Å². The summed E-state index contributed by atoms with van der Waals surface area (Å²) in [6.45, 7) is 6.26. The summed E-state index contributed by atoms with van der Waals surface area (Å²) < 4.78 is 20.5. The van der Waals surface area contributed by atoms with Gasteiger partial charge in [0.15, 0.2) is 0 Å². The number of halogens is 1. The quantitative estimate of drug-likeness (QED) is 0.504. The number of nitrogens with one attached hydrogen (secondary N) is 1. The van der Waals surface area contributed by atoms with Crippen LogP contribution in [-0.2, 0) is 11.2 Å². The van der Waals surface area contributed by atoms with Gasteiger partial charge in [0.25, 0.3) is 0 Å². The van der Waals surface area contributed by atoms with Crippen LogP contribution >= 0.6 is 0 Å². The summed E-state index contributed by atoms with van der Waals surface area (Å²) in [6.07, 6.45) is 3.60. The molecular formula is C27H33FN8O. The molecule has 3 aliphatic heterocycles. The van der Waals surface area contributed by atoms with Crippen molar-refractivity contribution in [3.8, 4) is 11.3 Å². The van der Waals surface area contributed by atoms with Crippen LogP contribution < -0.4 is 16.0 Å². The number of likely N-dealkylation sites (tertiary alicyclic amines) is 1. The zero-order chi connectivity index (χ0) is 25.4. The van der Waals surface area contributed by atoms with E-state index in [0.717, 1.165) is 70.0 Å². The van der Waals surface area contributed by atoms with Crippen LogP contribution in [0.5, 0.6) is 0 Å². The predicted molar refractivity (Wildman–Crippen MR) is 142 cm³/mol. The first kappa shape index (κ1) is 24.0. The lowest BCUT2D eigenvalue weighted by molar-refractivity contribution is 0.0383. The second kappa shape index (κ2) is 10.2. The average Bonchev–Trinajstić information content (AvgIpc) is 3.48. The molecule has 37 heavy (non-hydrogen) atoms. The van der Waals surface area contributed by atoms with Crippen LogP contribution in [0.3, 0.4) is 0 Å². The fraction of sp³-hybridized carbons (Fsp3) is 0.444. The standard InChI is InChI=1S/C27H33FN8O/c1-34-16-21-15-20(34)17-36(21)25-5-3-19(14-23(25)28)32-27-30-8-6-24(33-27)22-4-2-18(31-26(22)29)7-9-35-10-12-37-13-11-35/h2-6,8,14,20-21H,7,9-13,15-17H2,1H3,(H2,29,31)(H,30,32,33)/t20-,21-/m0/s1. The number of anilines is 4. The van der Waals surface area contributed by atoms with Gasteiger partial charge >= 0.3 is 0 Å². The number of nitrogens with zero attached hydrogens (tertiary/aromatic N) is 6. The number of nitrogens with two attached hydrogens (primary N) is 1.